The molecule has 0 unspecified atom stereocenters. The summed E-state index contributed by atoms with van der Waals surface area (Å²) in [6.07, 6.45) is 5.65. The van der Waals surface area contributed by atoms with E-state index in [0.29, 0.717) is 10.3 Å². The van der Waals surface area contributed by atoms with Gasteiger partial charge in [0.25, 0.3) is 0 Å². The summed E-state index contributed by atoms with van der Waals surface area (Å²) in [5.41, 5.74) is 0. The Morgan fingerprint density at radius 3 is 2.63 bits per heavy atom. The zero-order chi connectivity index (χ0) is 14.0. The van der Waals surface area contributed by atoms with Gasteiger partial charge in [-0.05, 0) is 34.8 Å². The molecule has 0 aromatic carbocycles. The third kappa shape index (κ3) is 2.93. The zero-order valence-corrected chi connectivity index (χ0v) is 13.5. The number of hydrogen-bond acceptors (Lipinski definition) is 4. The molecule has 1 aliphatic carbocycles. The molecule has 1 aromatic rings. The lowest BCUT2D eigenvalue weighted by Crippen LogP contribution is -2.35. The van der Waals surface area contributed by atoms with Gasteiger partial charge in [0.15, 0.2) is 0 Å². The van der Waals surface area contributed by atoms with Crippen molar-refractivity contribution >= 4 is 31.8 Å². The Morgan fingerprint density at radius 1 is 1.42 bits per heavy atom. The lowest BCUT2D eigenvalue weighted by Gasteiger charge is -2.24. The van der Waals surface area contributed by atoms with Crippen LogP contribution in [0.15, 0.2) is 21.6 Å². The van der Waals surface area contributed by atoms with Gasteiger partial charge in [0.1, 0.15) is 10.7 Å². The van der Waals surface area contributed by atoms with Gasteiger partial charge in [-0.15, -0.1) is 0 Å². The standard InChI is InChI=1S/C12H18BrN3O2S/c1-14-12-11(7-9(13)8-15-12)19(17,18)16(2)10-5-3-4-6-10/h7-8,10H,3-6H2,1-2H3,(H,14,15). The van der Waals surface area contributed by atoms with Crippen molar-refractivity contribution in [2.45, 2.75) is 36.6 Å². The Labute approximate surface area is 122 Å². The van der Waals surface area contributed by atoms with Gasteiger partial charge in [0.2, 0.25) is 10.0 Å². The minimum absolute atomic E-state index is 0.105. The smallest absolute Gasteiger partial charge is 0.246 e. The van der Waals surface area contributed by atoms with Crippen LogP contribution in [0, 0.1) is 0 Å². The van der Waals surface area contributed by atoms with Crippen LogP contribution in [0.2, 0.25) is 0 Å². The number of halogens is 1. The molecule has 1 aromatic heterocycles. The van der Waals surface area contributed by atoms with Gasteiger partial charge in [-0.1, -0.05) is 12.8 Å². The fraction of sp³-hybridized carbons (Fsp3) is 0.583. The molecule has 1 heterocycles. The van der Waals surface area contributed by atoms with E-state index in [2.05, 4.69) is 26.2 Å². The zero-order valence-electron chi connectivity index (χ0n) is 11.1. The highest BCUT2D eigenvalue weighted by Gasteiger charge is 2.32. The predicted molar refractivity (Wildman–Crippen MR) is 78.7 cm³/mol. The number of pyridine rings is 1. The van der Waals surface area contributed by atoms with Gasteiger partial charge in [-0.2, -0.15) is 4.31 Å². The average molecular weight is 348 g/mol. The van der Waals surface area contributed by atoms with Gasteiger partial charge in [-0.25, -0.2) is 13.4 Å². The van der Waals surface area contributed by atoms with Crippen molar-refractivity contribution in [1.82, 2.24) is 9.29 Å². The van der Waals surface area contributed by atoms with Crippen LogP contribution < -0.4 is 5.32 Å². The fourth-order valence-electron chi connectivity index (χ4n) is 2.42. The molecule has 5 nitrogen and oxygen atoms in total. The van der Waals surface area contributed by atoms with E-state index in [1.54, 1.807) is 26.4 Å². The molecule has 1 saturated carbocycles. The molecule has 19 heavy (non-hydrogen) atoms. The molecule has 0 aliphatic heterocycles. The summed E-state index contributed by atoms with van der Waals surface area (Å²) in [6.45, 7) is 0. The number of aromatic nitrogens is 1. The number of nitrogens with one attached hydrogen (secondary N) is 1. The number of nitrogens with zero attached hydrogens (tertiary/aromatic N) is 2. The topological polar surface area (TPSA) is 62.3 Å². The molecule has 1 aliphatic rings. The fourth-order valence-corrected chi connectivity index (χ4v) is 4.50. The van der Waals surface area contributed by atoms with Crippen molar-refractivity contribution < 1.29 is 8.42 Å². The van der Waals surface area contributed by atoms with Crippen LogP contribution in [0.4, 0.5) is 5.82 Å². The summed E-state index contributed by atoms with van der Waals surface area (Å²) in [6, 6.07) is 1.70. The second-order valence-corrected chi connectivity index (χ2v) is 7.59. The first-order valence-corrected chi connectivity index (χ1v) is 8.51. The van der Waals surface area contributed by atoms with E-state index in [1.807, 2.05) is 0 Å². The normalized spacial score (nSPS) is 17.1. The van der Waals surface area contributed by atoms with Crippen molar-refractivity contribution in [2.24, 2.45) is 0 Å². The van der Waals surface area contributed by atoms with Crippen molar-refractivity contribution in [3.8, 4) is 0 Å². The van der Waals surface area contributed by atoms with Crippen molar-refractivity contribution in [3.63, 3.8) is 0 Å². The first-order chi connectivity index (χ1) is 8.96. The number of hydrogen-bond donors (Lipinski definition) is 1. The van der Waals surface area contributed by atoms with E-state index in [9.17, 15) is 8.42 Å². The van der Waals surface area contributed by atoms with E-state index >= 15 is 0 Å². The maximum absolute atomic E-state index is 12.7. The molecule has 0 spiro atoms. The van der Waals surface area contributed by atoms with Crippen LogP contribution in [0.1, 0.15) is 25.7 Å². The SMILES string of the molecule is CNc1ncc(Br)cc1S(=O)(=O)N(C)C1CCCC1. The van der Waals surface area contributed by atoms with Gasteiger partial charge in [-0.3, -0.25) is 0 Å². The van der Waals surface area contributed by atoms with Crippen LogP contribution in [0.25, 0.3) is 0 Å². The molecule has 0 amide bonds. The van der Waals surface area contributed by atoms with Crippen LogP contribution in [0.3, 0.4) is 0 Å². The van der Waals surface area contributed by atoms with Gasteiger partial charge in [0, 0.05) is 30.8 Å². The van der Waals surface area contributed by atoms with Crippen LogP contribution in [0.5, 0.6) is 0 Å². The summed E-state index contributed by atoms with van der Waals surface area (Å²) in [4.78, 5) is 4.33. The van der Waals surface area contributed by atoms with Gasteiger partial charge < -0.3 is 5.32 Å². The van der Waals surface area contributed by atoms with Crippen molar-refractivity contribution in [1.29, 1.82) is 0 Å². The molecule has 2 rings (SSSR count). The monoisotopic (exact) mass is 347 g/mol. The Hall–Kier alpha value is -0.660. The third-order valence-electron chi connectivity index (χ3n) is 3.55. The van der Waals surface area contributed by atoms with E-state index < -0.39 is 10.0 Å². The highest BCUT2D eigenvalue weighted by molar-refractivity contribution is 9.10. The molecular weight excluding hydrogens is 330 g/mol. The molecule has 0 radical (unpaired) electrons. The first-order valence-electron chi connectivity index (χ1n) is 6.28. The summed E-state index contributed by atoms with van der Waals surface area (Å²) in [7, 11) is -0.179. The van der Waals surface area contributed by atoms with Crippen LogP contribution >= 0.6 is 15.9 Å². The molecule has 0 atom stereocenters. The molecular formula is C12H18BrN3O2S. The Morgan fingerprint density at radius 2 is 2.05 bits per heavy atom. The summed E-state index contributed by atoms with van der Waals surface area (Å²) < 4.78 is 27.5. The van der Waals surface area contributed by atoms with Gasteiger partial charge >= 0.3 is 0 Å². The minimum Gasteiger partial charge on any atom is -0.372 e. The second kappa shape index (κ2) is 5.76. The number of anilines is 1. The number of rotatable bonds is 4. The largest absolute Gasteiger partial charge is 0.372 e. The van der Waals surface area contributed by atoms with E-state index in [0.717, 1.165) is 25.7 Å². The molecule has 1 N–H and O–H groups in total. The number of sulfonamides is 1. The quantitative estimate of drug-likeness (QED) is 0.908. The highest BCUT2D eigenvalue weighted by Crippen LogP contribution is 2.30. The van der Waals surface area contributed by atoms with Crippen molar-refractivity contribution in [3.05, 3.63) is 16.7 Å². The maximum Gasteiger partial charge on any atom is 0.246 e. The van der Waals surface area contributed by atoms with Crippen LogP contribution in [-0.2, 0) is 10.0 Å². The van der Waals surface area contributed by atoms with Crippen molar-refractivity contribution in [2.75, 3.05) is 19.4 Å². The second-order valence-electron chi connectivity index (χ2n) is 4.71. The summed E-state index contributed by atoms with van der Waals surface area (Å²) in [5, 5.41) is 2.84. The molecule has 106 valence electrons. The van der Waals surface area contributed by atoms with E-state index in [-0.39, 0.29) is 10.9 Å². The van der Waals surface area contributed by atoms with Gasteiger partial charge in [0.05, 0.1) is 0 Å². The predicted octanol–water partition coefficient (Wildman–Crippen LogP) is 2.45. The Bertz CT molecular complexity index is 556. The van der Waals surface area contributed by atoms with E-state index in [4.69, 9.17) is 0 Å². The first kappa shape index (κ1) is 14.7. The minimum atomic E-state index is -3.51. The summed E-state index contributed by atoms with van der Waals surface area (Å²) >= 11 is 3.28. The highest BCUT2D eigenvalue weighted by atomic mass is 79.9. The lowest BCUT2D eigenvalue weighted by atomic mass is 10.3. The van der Waals surface area contributed by atoms with E-state index in [1.165, 1.54) is 4.31 Å². The molecule has 1 fully saturated rings. The summed E-state index contributed by atoms with van der Waals surface area (Å²) in [5.74, 6) is 0.382. The molecule has 0 bridgehead atoms. The lowest BCUT2D eigenvalue weighted by molar-refractivity contribution is 0.373. The third-order valence-corrected chi connectivity index (χ3v) is 5.91. The Balaban J connectivity index is 2.40. The average Bonchev–Trinajstić information content (AvgIpc) is 2.91. The maximum atomic E-state index is 12.7. The van der Waals surface area contributed by atoms with Crippen LogP contribution in [-0.4, -0.2) is 37.8 Å². The molecule has 7 heteroatoms. The molecule has 0 saturated heterocycles. The Kier molecular flexibility index (Phi) is 4.47.